The van der Waals surface area contributed by atoms with E-state index in [9.17, 15) is 0 Å². The van der Waals surface area contributed by atoms with Crippen LogP contribution in [-0.4, -0.2) is 51.5 Å². The van der Waals surface area contributed by atoms with Crippen LogP contribution in [-0.2, 0) is 11.3 Å². The van der Waals surface area contributed by atoms with Crippen molar-refractivity contribution in [1.29, 1.82) is 0 Å². The SMILES string of the molecule is Cc1ccc(-c2cc(-c3nc(CN4CCOCC4)no3)[nH]n2)cc1. The highest BCUT2D eigenvalue weighted by molar-refractivity contribution is 5.64. The van der Waals surface area contributed by atoms with E-state index in [1.165, 1.54) is 5.56 Å². The molecule has 2 aromatic heterocycles. The molecule has 4 rings (SSSR count). The summed E-state index contributed by atoms with van der Waals surface area (Å²) in [6, 6.07) is 10.2. The van der Waals surface area contributed by atoms with Crippen molar-refractivity contribution in [3.8, 4) is 22.8 Å². The zero-order valence-electron chi connectivity index (χ0n) is 13.5. The number of hydrogen-bond acceptors (Lipinski definition) is 6. The Labute approximate surface area is 139 Å². The van der Waals surface area contributed by atoms with Gasteiger partial charge in [-0.1, -0.05) is 35.0 Å². The van der Waals surface area contributed by atoms with Crippen molar-refractivity contribution in [2.75, 3.05) is 26.3 Å². The third-order valence-electron chi connectivity index (χ3n) is 4.09. The number of hydrogen-bond donors (Lipinski definition) is 1. The number of benzene rings is 1. The maximum Gasteiger partial charge on any atom is 0.275 e. The number of morpholine rings is 1. The molecule has 1 aliphatic rings. The Morgan fingerprint density at radius 2 is 1.96 bits per heavy atom. The van der Waals surface area contributed by atoms with Crippen molar-refractivity contribution < 1.29 is 9.26 Å². The molecular weight excluding hydrogens is 306 g/mol. The quantitative estimate of drug-likeness (QED) is 0.792. The van der Waals surface area contributed by atoms with E-state index in [0.717, 1.165) is 43.3 Å². The molecule has 1 fully saturated rings. The van der Waals surface area contributed by atoms with Crippen LogP contribution >= 0.6 is 0 Å². The number of ether oxygens (including phenoxy) is 1. The lowest BCUT2D eigenvalue weighted by Gasteiger charge is -2.24. The first-order chi connectivity index (χ1) is 11.8. The third-order valence-corrected chi connectivity index (χ3v) is 4.09. The van der Waals surface area contributed by atoms with E-state index in [2.05, 4.69) is 44.3 Å². The summed E-state index contributed by atoms with van der Waals surface area (Å²) in [5, 5.41) is 11.4. The maximum absolute atomic E-state index is 5.37. The highest BCUT2D eigenvalue weighted by Crippen LogP contribution is 2.23. The van der Waals surface area contributed by atoms with E-state index in [0.29, 0.717) is 18.3 Å². The van der Waals surface area contributed by atoms with Gasteiger partial charge in [0.15, 0.2) is 5.82 Å². The Morgan fingerprint density at radius 3 is 2.75 bits per heavy atom. The number of rotatable bonds is 4. The van der Waals surface area contributed by atoms with Crippen LogP contribution in [0, 0.1) is 6.92 Å². The molecule has 3 heterocycles. The summed E-state index contributed by atoms with van der Waals surface area (Å²) in [6.45, 7) is 6.04. The molecule has 0 atom stereocenters. The van der Waals surface area contributed by atoms with Gasteiger partial charge in [-0.25, -0.2) is 0 Å². The van der Waals surface area contributed by atoms with Crippen molar-refractivity contribution in [3.63, 3.8) is 0 Å². The molecule has 0 spiro atoms. The molecule has 1 aromatic carbocycles. The second-order valence-electron chi connectivity index (χ2n) is 5.94. The Hall–Kier alpha value is -2.51. The zero-order chi connectivity index (χ0) is 16.4. The van der Waals surface area contributed by atoms with Gasteiger partial charge >= 0.3 is 0 Å². The van der Waals surface area contributed by atoms with Gasteiger partial charge in [-0.3, -0.25) is 10.00 Å². The lowest BCUT2D eigenvalue weighted by molar-refractivity contribution is 0.0327. The van der Waals surface area contributed by atoms with Gasteiger partial charge in [-0.2, -0.15) is 10.1 Å². The molecule has 0 unspecified atom stereocenters. The molecular formula is C17H19N5O2. The summed E-state index contributed by atoms with van der Waals surface area (Å²) in [4.78, 5) is 6.72. The van der Waals surface area contributed by atoms with Gasteiger partial charge in [0.25, 0.3) is 5.89 Å². The van der Waals surface area contributed by atoms with Crippen LogP contribution in [0.15, 0.2) is 34.9 Å². The molecule has 0 radical (unpaired) electrons. The van der Waals surface area contributed by atoms with Gasteiger partial charge in [-0.05, 0) is 13.0 Å². The van der Waals surface area contributed by atoms with Gasteiger partial charge in [-0.15, -0.1) is 0 Å². The number of aromatic nitrogens is 4. The van der Waals surface area contributed by atoms with Gasteiger partial charge in [0.05, 0.1) is 25.5 Å². The first-order valence-corrected chi connectivity index (χ1v) is 8.03. The molecule has 7 nitrogen and oxygen atoms in total. The van der Waals surface area contributed by atoms with E-state index >= 15 is 0 Å². The number of aryl methyl sites for hydroxylation is 1. The summed E-state index contributed by atoms with van der Waals surface area (Å²) in [6.07, 6.45) is 0. The molecule has 1 saturated heterocycles. The first kappa shape index (κ1) is 15.0. The number of H-pyrrole nitrogens is 1. The fourth-order valence-electron chi connectivity index (χ4n) is 2.69. The van der Waals surface area contributed by atoms with Crippen molar-refractivity contribution in [2.45, 2.75) is 13.5 Å². The minimum atomic E-state index is 0.462. The van der Waals surface area contributed by atoms with Crippen LogP contribution in [0.3, 0.4) is 0 Å². The third kappa shape index (κ3) is 3.22. The molecule has 7 heteroatoms. The van der Waals surface area contributed by atoms with Crippen molar-refractivity contribution in [2.24, 2.45) is 0 Å². The average molecular weight is 325 g/mol. The van der Waals surface area contributed by atoms with E-state index < -0.39 is 0 Å². The van der Waals surface area contributed by atoms with Crippen molar-refractivity contribution >= 4 is 0 Å². The first-order valence-electron chi connectivity index (χ1n) is 8.03. The van der Waals surface area contributed by atoms with E-state index in [1.54, 1.807) is 0 Å². The molecule has 1 aliphatic heterocycles. The summed E-state index contributed by atoms with van der Waals surface area (Å²) in [7, 11) is 0. The molecule has 3 aromatic rings. The maximum atomic E-state index is 5.37. The topological polar surface area (TPSA) is 80.1 Å². The highest BCUT2D eigenvalue weighted by Gasteiger charge is 2.16. The predicted molar refractivity (Wildman–Crippen MR) is 88.1 cm³/mol. The molecule has 0 saturated carbocycles. The van der Waals surface area contributed by atoms with Crippen molar-refractivity contribution in [1.82, 2.24) is 25.2 Å². The van der Waals surface area contributed by atoms with E-state index in [1.807, 2.05) is 18.2 Å². The van der Waals surface area contributed by atoms with Gasteiger partial charge in [0, 0.05) is 18.7 Å². The summed E-state index contributed by atoms with van der Waals surface area (Å²) < 4.78 is 10.7. The standard InChI is InChI=1S/C17H19N5O2/c1-12-2-4-13(5-3-12)14-10-15(20-19-14)17-18-16(21-24-17)11-22-6-8-23-9-7-22/h2-5,10H,6-9,11H2,1H3,(H,19,20). The fourth-order valence-corrected chi connectivity index (χ4v) is 2.69. The molecule has 1 N–H and O–H groups in total. The van der Waals surface area contributed by atoms with E-state index in [-0.39, 0.29) is 0 Å². The van der Waals surface area contributed by atoms with Crippen LogP contribution in [0.5, 0.6) is 0 Å². The average Bonchev–Trinajstić information content (AvgIpc) is 3.26. The van der Waals surface area contributed by atoms with Gasteiger partial charge < -0.3 is 9.26 Å². The molecule has 0 amide bonds. The lowest BCUT2D eigenvalue weighted by Crippen LogP contribution is -2.35. The van der Waals surface area contributed by atoms with Crippen LogP contribution < -0.4 is 0 Å². The van der Waals surface area contributed by atoms with Crippen LogP contribution in [0.4, 0.5) is 0 Å². The lowest BCUT2D eigenvalue weighted by atomic mass is 10.1. The second kappa shape index (κ2) is 6.54. The Balaban J connectivity index is 1.49. The second-order valence-corrected chi connectivity index (χ2v) is 5.94. The Kier molecular flexibility index (Phi) is 4.10. The van der Waals surface area contributed by atoms with Gasteiger partial charge in [0.2, 0.25) is 0 Å². The van der Waals surface area contributed by atoms with E-state index in [4.69, 9.17) is 9.26 Å². The largest absolute Gasteiger partial charge is 0.379 e. The minimum Gasteiger partial charge on any atom is -0.379 e. The van der Waals surface area contributed by atoms with Gasteiger partial charge in [0.1, 0.15) is 5.69 Å². The Morgan fingerprint density at radius 1 is 1.17 bits per heavy atom. The Bertz CT molecular complexity index is 803. The molecule has 24 heavy (non-hydrogen) atoms. The normalized spacial score (nSPS) is 15.7. The molecule has 0 bridgehead atoms. The molecule has 124 valence electrons. The fraction of sp³-hybridized carbons (Fsp3) is 0.353. The summed E-state index contributed by atoms with van der Waals surface area (Å²) in [5.74, 6) is 1.14. The van der Waals surface area contributed by atoms with Crippen LogP contribution in [0.2, 0.25) is 0 Å². The van der Waals surface area contributed by atoms with Crippen molar-refractivity contribution in [3.05, 3.63) is 41.7 Å². The summed E-state index contributed by atoms with van der Waals surface area (Å²) >= 11 is 0. The number of nitrogens with zero attached hydrogens (tertiary/aromatic N) is 4. The van der Waals surface area contributed by atoms with Crippen LogP contribution in [0.25, 0.3) is 22.8 Å². The summed E-state index contributed by atoms with van der Waals surface area (Å²) in [5.41, 5.74) is 3.86. The smallest absolute Gasteiger partial charge is 0.275 e. The van der Waals surface area contributed by atoms with Crippen LogP contribution in [0.1, 0.15) is 11.4 Å². The monoisotopic (exact) mass is 325 g/mol. The predicted octanol–water partition coefficient (Wildman–Crippen LogP) is 2.27. The zero-order valence-corrected chi connectivity index (χ0v) is 13.5. The number of nitrogens with one attached hydrogen (secondary N) is 1. The highest BCUT2D eigenvalue weighted by atomic mass is 16.5. The minimum absolute atomic E-state index is 0.462. The number of aromatic amines is 1. The molecule has 0 aliphatic carbocycles.